The fourth-order valence-electron chi connectivity index (χ4n) is 2.63. The van der Waals surface area contributed by atoms with Crippen LogP contribution in [0.15, 0.2) is 53.3 Å². The quantitative estimate of drug-likeness (QED) is 0.615. The number of aromatic nitrogens is 2. The highest BCUT2D eigenvalue weighted by Crippen LogP contribution is 2.39. The molecule has 0 saturated heterocycles. The van der Waals surface area contributed by atoms with E-state index in [2.05, 4.69) is 9.97 Å². The molecule has 28 heavy (non-hydrogen) atoms. The van der Waals surface area contributed by atoms with E-state index in [1.165, 1.54) is 6.07 Å². The van der Waals surface area contributed by atoms with Crippen LogP contribution in [-0.4, -0.2) is 27.2 Å². The summed E-state index contributed by atoms with van der Waals surface area (Å²) in [6.07, 6.45) is -5.30. The van der Waals surface area contributed by atoms with Crippen LogP contribution in [0.2, 0.25) is 5.02 Å². The monoisotopic (exact) mass is 411 g/mol. The van der Waals surface area contributed by atoms with Crippen LogP contribution in [0, 0.1) is 0 Å². The zero-order valence-corrected chi connectivity index (χ0v) is 14.8. The van der Waals surface area contributed by atoms with E-state index in [-0.39, 0.29) is 10.8 Å². The minimum atomic E-state index is -5.30. The fourth-order valence-corrected chi connectivity index (χ4v) is 2.75. The maximum Gasteiger partial charge on any atom is 0.430 e. The molecule has 0 aliphatic carbocycles. The minimum absolute atomic E-state index is 0.0577. The Hall–Kier alpha value is -2.91. The van der Waals surface area contributed by atoms with Gasteiger partial charge < -0.3 is 15.4 Å². The van der Waals surface area contributed by atoms with Crippen LogP contribution in [0.25, 0.3) is 10.9 Å². The van der Waals surface area contributed by atoms with Crippen molar-refractivity contribution in [3.05, 3.63) is 75.3 Å². The summed E-state index contributed by atoms with van der Waals surface area (Å²) >= 11 is 5.65. The number of fused-ring (bicyclic) bond motifs is 1. The van der Waals surface area contributed by atoms with Crippen molar-refractivity contribution in [2.24, 2.45) is 0 Å². The third-order valence-corrected chi connectivity index (χ3v) is 4.33. The van der Waals surface area contributed by atoms with Gasteiger partial charge in [0.1, 0.15) is 5.82 Å². The molecule has 1 atom stereocenters. The number of para-hydroxylation sites is 1. The zero-order chi connectivity index (χ0) is 20.5. The molecule has 1 amide bonds. The number of nitrogens with one attached hydrogen (secondary N) is 2. The topological polar surface area (TPSA) is 95.1 Å². The van der Waals surface area contributed by atoms with E-state index in [9.17, 15) is 27.9 Å². The Labute approximate surface area is 161 Å². The first kappa shape index (κ1) is 19.8. The average molecular weight is 412 g/mol. The number of halogens is 4. The number of carbonyl (C=O) groups excluding carboxylic acids is 1. The second-order valence-electron chi connectivity index (χ2n) is 5.93. The Morgan fingerprint density at radius 2 is 1.79 bits per heavy atom. The predicted octanol–water partition coefficient (Wildman–Crippen LogP) is 2.64. The molecule has 0 saturated carbocycles. The fraction of sp³-hybridized carbons (Fsp3) is 0.167. The van der Waals surface area contributed by atoms with Gasteiger partial charge in [-0.25, -0.2) is 4.98 Å². The zero-order valence-electron chi connectivity index (χ0n) is 14.0. The molecule has 10 heteroatoms. The second-order valence-corrected chi connectivity index (χ2v) is 6.36. The van der Waals surface area contributed by atoms with Gasteiger partial charge in [-0.1, -0.05) is 35.9 Å². The van der Waals surface area contributed by atoms with Crippen molar-refractivity contribution in [2.75, 3.05) is 0 Å². The average Bonchev–Trinajstić information content (AvgIpc) is 2.65. The highest BCUT2D eigenvalue weighted by Gasteiger charge is 2.60. The molecule has 2 aromatic carbocycles. The highest BCUT2D eigenvalue weighted by molar-refractivity contribution is 6.30. The number of amides is 1. The molecule has 0 aliphatic rings. The van der Waals surface area contributed by atoms with E-state index in [4.69, 9.17) is 11.6 Å². The van der Waals surface area contributed by atoms with Gasteiger partial charge in [-0.3, -0.25) is 9.59 Å². The normalized spacial score (nSPS) is 13.9. The number of aromatic amines is 1. The summed E-state index contributed by atoms with van der Waals surface area (Å²) in [6, 6.07) is 10.4. The van der Waals surface area contributed by atoms with Crippen molar-refractivity contribution in [3.63, 3.8) is 0 Å². The Balaban J connectivity index is 1.89. The van der Waals surface area contributed by atoms with Gasteiger partial charge in [-0.15, -0.1) is 0 Å². The molecular weight excluding hydrogens is 399 g/mol. The smallest absolute Gasteiger partial charge is 0.369 e. The number of carbonyl (C=O) groups is 1. The third kappa shape index (κ3) is 3.58. The maximum atomic E-state index is 13.5. The largest absolute Gasteiger partial charge is 0.430 e. The summed E-state index contributed by atoms with van der Waals surface area (Å²) in [7, 11) is 0. The molecule has 0 bridgehead atoms. The van der Waals surface area contributed by atoms with Crippen molar-refractivity contribution in [2.45, 2.75) is 18.3 Å². The molecule has 3 aromatic rings. The molecule has 6 nitrogen and oxygen atoms in total. The van der Waals surface area contributed by atoms with Crippen LogP contribution in [0.3, 0.4) is 0 Å². The van der Waals surface area contributed by atoms with Gasteiger partial charge in [0.05, 0.1) is 17.4 Å². The van der Waals surface area contributed by atoms with Gasteiger partial charge >= 0.3 is 6.18 Å². The SMILES string of the molecule is O=C(NCc1nc2ccccc2c(=O)[nH]1)C(O)(c1ccc(Cl)cc1)C(F)(F)F. The van der Waals surface area contributed by atoms with Crippen LogP contribution >= 0.6 is 11.6 Å². The van der Waals surface area contributed by atoms with E-state index in [0.717, 1.165) is 24.3 Å². The summed E-state index contributed by atoms with van der Waals surface area (Å²) in [4.78, 5) is 30.8. The Morgan fingerprint density at radius 3 is 2.43 bits per heavy atom. The van der Waals surface area contributed by atoms with Gasteiger partial charge in [-0.2, -0.15) is 13.2 Å². The summed E-state index contributed by atoms with van der Waals surface area (Å²) in [6.45, 7) is -0.523. The van der Waals surface area contributed by atoms with Crippen LogP contribution in [0.5, 0.6) is 0 Å². The summed E-state index contributed by atoms with van der Waals surface area (Å²) in [5, 5.41) is 12.6. The minimum Gasteiger partial charge on any atom is -0.369 e. The molecule has 1 unspecified atom stereocenters. The van der Waals surface area contributed by atoms with E-state index < -0.39 is 35.4 Å². The van der Waals surface area contributed by atoms with Crippen LogP contribution < -0.4 is 10.9 Å². The van der Waals surface area contributed by atoms with E-state index in [1.807, 2.05) is 5.32 Å². The summed E-state index contributed by atoms with van der Waals surface area (Å²) in [5.41, 5.74) is -4.67. The standard InChI is InChI=1S/C18H13ClF3N3O3/c19-11-7-5-10(6-8-11)17(28,18(20,21)22)16(27)23-9-14-24-13-4-2-1-3-12(13)15(26)25-14/h1-8,28H,9H2,(H,23,27)(H,24,25,26). The molecule has 1 heterocycles. The molecule has 0 radical (unpaired) electrons. The lowest BCUT2D eigenvalue weighted by molar-refractivity contribution is -0.257. The first-order valence-corrected chi connectivity index (χ1v) is 8.32. The van der Waals surface area contributed by atoms with Crippen LogP contribution in [-0.2, 0) is 16.9 Å². The molecule has 1 aromatic heterocycles. The number of benzene rings is 2. The maximum absolute atomic E-state index is 13.5. The van der Waals surface area contributed by atoms with Crippen molar-refractivity contribution >= 4 is 28.4 Å². The predicted molar refractivity (Wildman–Crippen MR) is 95.6 cm³/mol. The van der Waals surface area contributed by atoms with E-state index in [1.54, 1.807) is 18.2 Å². The van der Waals surface area contributed by atoms with Crippen LogP contribution in [0.1, 0.15) is 11.4 Å². The Kier molecular flexibility index (Phi) is 5.14. The number of alkyl halides is 3. The van der Waals surface area contributed by atoms with E-state index in [0.29, 0.717) is 10.9 Å². The van der Waals surface area contributed by atoms with Crippen molar-refractivity contribution in [1.29, 1.82) is 0 Å². The molecule has 0 aliphatic heterocycles. The second kappa shape index (κ2) is 7.25. The Morgan fingerprint density at radius 1 is 1.14 bits per heavy atom. The first-order valence-electron chi connectivity index (χ1n) is 7.94. The van der Waals surface area contributed by atoms with Crippen molar-refractivity contribution in [1.82, 2.24) is 15.3 Å². The number of aliphatic hydroxyl groups is 1. The summed E-state index contributed by atoms with van der Waals surface area (Å²) in [5.74, 6) is -1.77. The summed E-state index contributed by atoms with van der Waals surface area (Å²) < 4.78 is 40.6. The van der Waals surface area contributed by atoms with Crippen LogP contribution in [0.4, 0.5) is 13.2 Å². The van der Waals surface area contributed by atoms with Crippen molar-refractivity contribution < 1.29 is 23.1 Å². The van der Waals surface area contributed by atoms with Crippen molar-refractivity contribution in [3.8, 4) is 0 Å². The Bertz CT molecular complexity index is 1080. The molecule has 0 fully saturated rings. The molecule has 3 rings (SSSR count). The third-order valence-electron chi connectivity index (χ3n) is 4.08. The molecule has 3 N–H and O–H groups in total. The first-order chi connectivity index (χ1) is 13.1. The number of H-pyrrole nitrogens is 1. The van der Waals surface area contributed by atoms with E-state index >= 15 is 0 Å². The number of nitrogens with zero attached hydrogens (tertiary/aromatic N) is 1. The number of hydrogen-bond acceptors (Lipinski definition) is 4. The van der Waals surface area contributed by atoms with Gasteiger partial charge in [-0.05, 0) is 24.3 Å². The van der Waals surface area contributed by atoms with Gasteiger partial charge in [0.25, 0.3) is 17.1 Å². The molecular formula is C18H13ClF3N3O3. The lowest BCUT2D eigenvalue weighted by Crippen LogP contribution is -2.54. The van der Waals surface area contributed by atoms with Gasteiger partial charge in [0.15, 0.2) is 0 Å². The molecule has 0 spiro atoms. The van der Waals surface area contributed by atoms with Gasteiger partial charge in [0, 0.05) is 10.6 Å². The highest BCUT2D eigenvalue weighted by atomic mass is 35.5. The lowest BCUT2D eigenvalue weighted by atomic mass is 9.92. The van der Waals surface area contributed by atoms with Gasteiger partial charge in [0.2, 0.25) is 0 Å². The number of hydrogen-bond donors (Lipinski definition) is 3. The number of rotatable bonds is 4. The lowest BCUT2D eigenvalue weighted by Gasteiger charge is -2.29. The molecule has 146 valence electrons.